The van der Waals surface area contributed by atoms with Gasteiger partial charge in [0.1, 0.15) is 5.82 Å². The first-order chi connectivity index (χ1) is 12.2. The first kappa shape index (κ1) is 17.2. The normalized spacial score (nSPS) is 10.5. The van der Waals surface area contributed by atoms with Gasteiger partial charge in [-0.2, -0.15) is 4.98 Å². The summed E-state index contributed by atoms with van der Waals surface area (Å²) in [6, 6.07) is 18.1. The summed E-state index contributed by atoms with van der Waals surface area (Å²) in [5.74, 6) is 1.46. The Hall–Kier alpha value is -2.59. The molecule has 0 aliphatic carbocycles. The second-order valence-corrected chi connectivity index (χ2v) is 6.18. The van der Waals surface area contributed by atoms with Crippen LogP contribution in [-0.4, -0.2) is 16.5 Å². The van der Waals surface area contributed by atoms with Crippen LogP contribution in [0.1, 0.15) is 18.1 Å². The molecule has 0 fully saturated rings. The first-order valence-corrected chi connectivity index (χ1v) is 8.69. The maximum Gasteiger partial charge on any atom is 0.229 e. The van der Waals surface area contributed by atoms with Crippen molar-refractivity contribution >= 4 is 29.1 Å². The van der Waals surface area contributed by atoms with Gasteiger partial charge in [0.2, 0.25) is 5.95 Å². The number of anilines is 3. The number of halogens is 1. The molecule has 0 radical (unpaired) electrons. The van der Waals surface area contributed by atoms with Crippen LogP contribution < -0.4 is 10.2 Å². The SMILES string of the molecule is CCN(Cc1ccccc1)c1ccnc(Nc2cccc(Cl)c2C)n1. The van der Waals surface area contributed by atoms with E-state index < -0.39 is 0 Å². The Morgan fingerprint density at radius 2 is 1.84 bits per heavy atom. The Morgan fingerprint density at radius 1 is 1.04 bits per heavy atom. The third-order valence-corrected chi connectivity index (χ3v) is 4.49. The largest absolute Gasteiger partial charge is 0.352 e. The summed E-state index contributed by atoms with van der Waals surface area (Å²) in [5.41, 5.74) is 3.15. The highest BCUT2D eigenvalue weighted by atomic mass is 35.5. The van der Waals surface area contributed by atoms with E-state index in [0.29, 0.717) is 5.95 Å². The second kappa shape index (κ2) is 7.99. The van der Waals surface area contributed by atoms with Gasteiger partial charge in [-0.1, -0.05) is 48.0 Å². The lowest BCUT2D eigenvalue weighted by atomic mass is 10.2. The van der Waals surface area contributed by atoms with Crippen LogP contribution in [0.3, 0.4) is 0 Å². The van der Waals surface area contributed by atoms with Crippen molar-refractivity contribution in [2.24, 2.45) is 0 Å². The molecule has 0 saturated carbocycles. The third-order valence-electron chi connectivity index (χ3n) is 4.08. The fourth-order valence-electron chi connectivity index (χ4n) is 2.61. The Balaban J connectivity index is 1.81. The van der Waals surface area contributed by atoms with Gasteiger partial charge in [-0.05, 0) is 43.2 Å². The summed E-state index contributed by atoms with van der Waals surface area (Å²) in [4.78, 5) is 11.2. The summed E-state index contributed by atoms with van der Waals surface area (Å²) in [6.45, 7) is 5.77. The molecule has 0 aliphatic heterocycles. The first-order valence-electron chi connectivity index (χ1n) is 8.31. The van der Waals surface area contributed by atoms with Crippen LogP contribution in [0.25, 0.3) is 0 Å². The molecule has 1 N–H and O–H groups in total. The molecule has 128 valence electrons. The van der Waals surface area contributed by atoms with Crippen LogP contribution >= 0.6 is 11.6 Å². The summed E-state index contributed by atoms with van der Waals surface area (Å²) in [6.07, 6.45) is 1.78. The molecule has 1 heterocycles. The predicted octanol–water partition coefficient (Wildman–Crippen LogP) is 5.21. The lowest BCUT2D eigenvalue weighted by molar-refractivity contribution is 0.811. The van der Waals surface area contributed by atoms with Crippen molar-refractivity contribution in [3.8, 4) is 0 Å². The van der Waals surface area contributed by atoms with Crippen molar-refractivity contribution in [2.45, 2.75) is 20.4 Å². The van der Waals surface area contributed by atoms with Crippen LogP contribution in [0, 0.1) is 6.92 Å². The number of benzene rings is 2. The number of nitrogens with one attached hydrogen (secondary N) is 1. The van der Waals surface area contributed by atoms with Crippen LogP contribution in [0.15, 0.2) is 60.8 Å². The molecule has 0 saturated heterocycles. The van der Waals surface area contributed by atoms with Gasteiger partial charge in [0.15, 0.2) is 0 Å². The molecular weight excluding hydrogens is 332 g/mol. The van der Waals surface area contributed by atoms with Crippen molar-refractivity contribution in [3.05, 3.63) is 76.9 Å². The fourth-order valence-corrected chi connectivity index (χ4v) is 2.78. The average Bonchev–Trinajstić information content (AvgIpc) is 2.64. The smallest absolute Gasteiger partial charge is 0.229 e. The Bertz CT molecular complexity index is 836. The predicted molar refractivity (Wildman–Crippen MR) is 105 cm³/mol. The molecule has 3 aromatic rings. The van der Waals surface area contributed by atoms with Crippen LogP contribution in [0.4, 0.5) is 17.5 Å². The maximum atomic E-state index is 6.19. The molecule has 1 aromatic heterocycles. The van der Waals surface area contributed by atoms with Gasteiger partial charge in [0.25, 0.3) is 0 Å². The lowest BCUT2D eigenvalue weighted by Crippen LogP contribution is -2.23. The van der Waals surface area contributed by atoms with Crippen molar-refractivity contribution in [2.75, 3.05) is 16.8 Å². The van der Waals surface area contributed by atoms with E-state index in [1.54, 1.807) is 6.20 Å². The van der Waals surface area contributed by atoms with Crippen LogP contribution in [0.2, 0.25) is 5.02 Å². The Labute approximate surface area is 153 Å². The highest BCUT2D eigenvalue weighted by molar-refractivity contribution is 6.31. The number of hydrogen-bond donors (Lipinski definition) is 1. The highest BCUT2D eigenvalue weighted by Crippen LogP contribution is 2.25. The summed E-state index contributed by atoms with van der Waals surface area (Å²) in [7, 11) is 0. The molecule has 0 bridgehead atoms. The van der Waals surface area contributed by atoms with Crippen molar-refractivity contribution in [3.63, 3.8) is 0 Å². The van der Waals surface area contributed by atoms with Crippen LogP contribution in [0.5, 0.6) is 0 Å². The monoisotopic (exact) mass is 352 g/mol. The van der Waals surface area contributed by atoms with E-state index in [1.165, 1.54) is 5.56 Å². The van der Waals surface area contributed by atoms with Gasteiger partial charge in [-0.25, -0.2) is 4.98 Å². The zero-order valence-corrected chi connectivity index (χ0v) is 15.2. The van der Waals surface area contributed by atoms with E-state index in [2.05, 4.69) is 51.4 Å². The zero-order chi connectivity index (χ0) is 17.6. The standard InChI is InChI=1S/C20H21ClN4/c1-3-25(14-16-8-5-4-6-9-16)19-12-13-22-20(24-19)23-18-11-7-10-17(21)15(18)2/h4-13H,3,14H2,1-2H3,(H,22,23,24). The number of rotatable bonds is 6. The molecule has 3 rings (SSSR count). The van der Waals surface area contributed by atoms with Gasteiger partial charge in [0.05, 0.1) is 0 Å². The topological polar surface area (TPSA) is 41.1 Å². The van der Waals surface area contributed by atoms with Gasteiger partial charge in [0, 0.05) is 30.0 Å². The van der Waals surface area contributed by atoms with Crippen molar-refractivity contribution < 1.29 is 0 Å². The van der Waals surface area contributed by atoms with E-state index in [1.807, 2.05) is 37.3 Å². The van der Waals surface area contributed by atoms with E-state index >= 15 is 0 Å². The summed E-state index contributed by atoms with van der Waals surface area (Å²) >= 11 is 6.19. The quantitative estimate of drug-likeness (QED) is 0.661. The molecule has 0 amide bonds. The summed E-state index contributed by atoms with van der Waals surface area (Å²) in [5, 5.41) is 3.99. The van der Waals surface area contributed by atoms with Gasteiger partial charge >= 0.3 is 0 Å². The molecule has 25 heavy (non-hydrogen) atoms. The second-order valence-electron chi connectivity index (χ2n) is 5.78. The molecular formula is C20H21ClN4. The van der Waals surface area contributed by atoms with Gasteiger partial charge in [-0.3, -0.25) is 0 Å². The number of aromatic nitrogens is 2. The Morgan fingerprint density at radius 3 is 2.60 bits per heavy atom. The maximum absolute atomic E-state index is 6.19. The molecule has 0 atom stereocenters. The molecule has 5 heteroatoms. The minimum atomic E-state index is 0.564. The zero-order valence-electron chi connectivity index (χ0n) is 14.4. The van der Waals surface area contributed by atoms with Crippen molar-refractivity contribution in [1.29, 1.82) is 0 Å². The highest BCUT2D eigenvalue weighted by Gasteiger charge is 2.09. The molecule has 0 aliphatic rings. The summed E-state index contributed by atoms with van der Waals surface area (Å²) < 4.78 is 0. The number of nitrogens with zero attached hydrogens (tertiary/aromatic N) is 3. The molecule has 0 spiro atoms. The van der Waals surface area contributed by atoms with Crippen LogP contribution in [-0.2, 0) is 6.54 Å². The van der Waals surface area contributed by atoms with E-state index in [4.69, 9.17) is 11.6 Å². The molecule has 4 nitrogen and oxygen atoms in total. The molecule has 2 aromatic carbocycles. The third kappa shape index (κ3) is 4.28. The lowest BCUT2D eigenvalue weighted by Gasteiger charge is -2.22. The van der Waals surface area contributed by atoms with E-state index in [0.717, 1.165) is 35.2 Å². The minimum Gasteiger partial charge on any atom is -0.352 e. The van der Waals surface area contributed by atoms with Gasteiger partial charge in [-0.15, -0.1) is 0 Å². The van der Waals surface area contributed by atoms with Crippen molar-refractivity contribution in [1.82, 2.24) is 9.97 Å². The molecule has 0 unspecified atom stereocenters. The van der Waals surface area contributed by atoms with E-state index in [9.17, 15) is 0 Å². The average molecular weight is 353 g/mol. The Kier molecular flexibility index (Phi) is 5.51. The number of hydrogen-bond acceptors (Lipinski definition) is 4. The fraction of sp³-hybridized carbons (Fsp3) is 0.200. The van der Waals surface area contributed by atoms with Gasteiger partial charge < -0.3 is 10.2 Å². The minimum absolute atomic E-state index is 0.564. The van der Waals surface area contributed by atoms with E-state index in [-0.39, 0.29) is 0 Å².